The van der Waals surface area contributed by atoms with E-state index in [1.165, 1.54) is 16.7 Å². The van der Waals surface area contributed by atoms with Crippen LogP contribution < -0.4 is 5.32 Å². The average Bonchev–Trinajstić information content (AvgIpc) is 2.78. The van der Waals surface area contributed by atoms with Gasteiger partial charge in [-0.25, -0.2) is 4.98 Å². The largest absolute Gasteiger partial charge is 0.309 e. The zero-order valence-corrected chi connectivity index (χ0v) is 12.3. The van der Waals surface area contributed by atoms with Crippen LogP contribution in [0.1, 0.15) is 36.7 Å². The Bertz CT molecular complexity index is 531. The van der Waals surface area contributed by atoms with Crippen LogP contribution in [0.4, 0.5) is 0 Å². The lowest BCUT2D eigenvalue weighted by atomic mass is 10.1. The van der Waals surface area contributed by atoms with Crippen molar-refractivity contribution < 1.29 is 0 Å². The lowest BCUT2D eigenvalue weighted by Gasteiger charge is -2.08. The molecule has 1 unspecified atom stereocenters. The fourth-order valence-corrected chi connectivity index (χ4v) is 3.08. The molecule has 1 aromatic carbocycles. The number of rotatable bonds is 4. The zero-order chi connectivity index (χ0) is 13.1. The second-order valence-electron chi connectivity index (χ2n) is 4.68. The standard InChI is InChI=1S/C15H20N2S/c1-5-16-12(4)14-9-18-15(17-14)13-7-6-10(2)8-11(13)3/h6-9,12,16H,5H2,1-4H3. The highest BCUT2D eigenvalue weighted by Crippen LogP contribution is 2.29. The van der Waals surface area contributed by atoms with E-state index in [1.807, 2.05) is 0 Å². The first-order valence-electron chi connectivity index (χ1n) is 6.38. The topological polar surface area (TPSA) is 24.9 Å². The molecule has 2 nitrogen and oxygen atoms in total. The number of aromatic nitrogens is 1. The molecule has 0 aliphatic heterocycles. The first kappa shape index (κ1) is 13.2. The second kappa shape index (κ2) is 5.63. The molecule has 0 amide bonds. The summed E-state index contributed by atoms with van der Waals surface area (Å²) in [6.07, 6.45) is 0. The minimum absolute atomic E-state index is 0.325. The molecule has 0 fully saturated rings. The molecule has 0 bridgehead atoms. The first-order valence-corrected chi connectivity index (χ1v) is 7.26. The van der Waals surface area contributed by atoms with E-state index in [0.717, 1.165) is 17.2 Å². The number of hydrogen-bond donors (Lipinski definition) is 1. The molecule has 3 heteroatoms. The van der Waals surface area contributed by atoms with Crippen molar-refractivity contribution in [1.29, 1.82) is 0 Å². The van der Waals surface area contributed by atoms with Crippen LogP contribution in [0.2, 0.25) is 0 Å². The number of thiazole rings is 1. The van der Waals surface area contributed by atoms with Crippen LogP contribution >= 0.6 is 11.3 Å². The molecule has 96 valence electrons. The smallest absolute Gasteiger partial charge is 0.123 e. The predicted molar refractivity (Wildman–Crippen MR) is 79.1 cm³/mol. The SMILES string of the molecule is CCNC(C)c1csc(-c2ccc(C)cc2C)n1. The number of benzene rings is 1. The van der Waals surface area contributed by atoms with Crippen LogP contribution in [0.5, 0.6) is 0 Å². The highest BCUT2D eigenvalue weighted by Gasteiger charge is 2.11. The molecule has 0 aliphatic rings. The van der Waals surface area contributed by atoms with E-state index in [0.29, 0.717) is 6.04 Å². The zero-order valence-electron chi connectivity index (χ0n) is 11.4. The fraction of sp³-hybridized carbons (Fsp3) is 0.400. The number of nitrogens with one attached hydrogen (secondary N) is 1. The molecule has 1 atom stereocenters. The van der Waals surface area contributed by atoms with Crippen molar-refractivity contribution in [3.05, 3.63) is 40.4 Å². The van der Waals surface area contributed by atoms with E-state index in [2.05, 4.69) is 56.6 Å². The summed E-state index contributed by atoms with van der Waals surface area (Å²) in [7, 11) is 0. The van der Waals surface area contributed by atoms with Gasteiger partial charge >= 0.3 is 0 Å². The van der Waals surface area contributed by atoms with Crippen LogP contribution in [0, 0.1) is 13.8 Å². The molecular formula is C15H20N2S. The highest BCUT2D eigenvalue weighted by atomic mass is 32.1. The minimum atomic E-state index is 0.325. The van der Waals surface area contributed by atoms with Gasteiger partial charge in [0.2, 0.25) is 0 Å². The van der Waals surface area contributed by atoms with Gasteiger partial charge in [0.15, 0.2) is 0 Å². The van der Waals surface area contributed by atoms with Crippen LogP contribution in [-0.2, 0) is 0 Å². The third-order valence-electron chi connectivity index (χ3n) is 3.09. The number of hydrogen-bond acceptors (Lipinski definition) is 3. The van der Waals surface area contributed by atoms with Crippen LogP contribution in [0.15, 0.2) is 23.6 Å². The molecule has 2 aromatic rings. The quantitative estimate of drug-likeness (QED) is 0.895. The van der Waals surface area contributed by atoms with Gasteiger partial charge < -0.3 is 5.32 Å². The lowest BCUT2D eigenvalue weighted by Crippen LogP contribution is -2.17. The van der Waals surface area contributed by atoms with Gasteiger partial charge in [0.25, 0.3) is 0 Å². The molecule has 1 N–H and O–H groups in total. The van der Waals surface area contributed by atoms with Crippen molar-refractivity contribution >= 4 is 11.3 Å². The number of aryl methyl sites for hydroxylation is 2. The highest BCUT2D eigenvalue weighted by molar-refractivity contribution is 7.13. The Labute approximate surface area is 113 Å². The summed E-state index contributed by atoms with van der Waals surface area (Å²) in [6.45, 7) is 9.52. The Hall–Kier alpha value is -1.19. The van der Waals surface area contributed by atoms with Crippen LogP contribution in [-0.4, -0.2) is 11.5 Å². The first-order chi connectivity index (χ1) is 8.61. The van der Waals surface area contributed by atoms with E-state index in [-0.39, 0.29) is 0 Å². The second-order valence-corrected chi connectivity index (χ2v) is 5.53. The average molecular weight is 260 g/mol. The Balaban J connectivity index is 2.29. The van der Waals surface area contributed by atoms with Crippen molar-refractivity contribution in [2.45, 2.75) is 33.7 Å². The van der Waals surface area contributed by atoms with Crippen molar-refractivity contribution in [3.63, 3.8) is 0 Å². The molecule has 0 saturated carbocycles. The predicted octanol–water partition coefficient (Wildman–Crippen LogP) is 4.10. The van der Waals surface area contributed by atoms with Gasteiger partial charge in [0.1, 0.15) is 5.01 Å². The maximum absolute atomic E-state index is 4.75. The van der Waals surface area contributed by atoms with Gasteiger partial charge in [0.05, 0.1) is 5.69 Å². The Morgan fingerprint density at radius 1 is 1.33 bits per heavy atom. The Morgan fingerprint density at radius 2 is 2.11 bits per heavy atom. The molecule has 0 spiro atoms. The van der Waals surface area contributed by atoms with Gasteiger partial charge in [-0.05, 0) is 32.9 Å². The molecule has 0 saturated heterocycles. The number of nitrogens with zero attached hydrogens (tertiary/aromatic N) is 1. The molecule has 0 radical (unpaired) electrons. The summed E-state index contributed by atoms with van der Waals surface area (Å²) in [6, 6.07) is 6.86. The van der Waals surface area contributed by atoms with Gasteiger partial charge in [-0.3, -0.25) is 0 Å². The third kappa shape index (κ3) is 2.79. The molecule has 1 heterocycles. The Morgan fingerprint density at radius 3 is 2.78 bits per heavy atom. The van der Waals surface area contributed by atoms with Crippen molar-refractivity contribution in [3.8, 4) is 10.6 Å². The molecule has 18 heavy (non-hydrogen) atoms. The summed E-state index contributed by atoms with van der Waals surface area (Å²) in [5.74, 6) is 0. The molecule has 2 rings (SSSR count). The maximum Gasteiger partial charge on any atom is 0.123 e. The van der Waals surface area contributed by atoms with Gasteiger partial charge in [-0.2, -0.15) is 0 Å². The van der Waals surface area contributed by atoms with Gasteiger partial charge in [-0.15, -0.1) is 11.3 Å². The molecular weight excluding hydrogens is 240 g/mol. The molecule has 1 aromatic heterocycles. The summed E-state index contributed by atoms with van der Waals surface area (Å²) in [5.41, 5.74) is 4.98. The van der Waals surface area contributed by atoms with Crippen LogP contribution in [0.3, 0.4) is 0 Å². The summed E-state index contributed by atoms with van der Waals surface area (Å²) < 4.78 is 0. The fourth-order valence-electron chi connectivity index (χ4n) is 2.07. The van der Waals surface area contributed by atoms with Crippen molar-refractivity contribution in [1.82, 2.24) is 10.3 Å². The lowest BCUT2D eigenvalue weighted by molar-refractivity contribution is 0.587. The van der Waals surface area contributed by atoms with Crippen LogP contribution in [0.25, 0.3) is 10.6 Å². The summed E-state index contributed by atoms with van der Waals surface area (Å²) in [4.78, 5) is 4.75. The minimum Gasteiger partial charge on any atom is -0.309 e. The Kier molecular flexibility index (Phi) is 4.15. The van der Waals surface area contributed by atoms with Crippen molar-refractivity contribution in [2.24, 2.45) is 0 Å². The third-order valence-corrected chi connectivity index (χ3v) is 3.98. The maximum atomic E-state index is 4.75. The molecule has 0 aliphatic carbocycles. The summed E-state index contributed by atoms with van der Waals surface area (Å²) >= 11 is 1.73. The summed E-state index contributed by atoms with van der Waals surface area (Å²) in [5, 5.41) is 6.67. The van der Waals surface area contributed by atoms with Crippen molar-refractivity contribution in [2.75, 3.05) is 6.54 Å². The van der Waals surface area contributed by atoms with Gasteiger partial charge in [0, 0.05) is 17.0 Å². The normalized spacial score (nSPS) is 12.7. The van der Waals surface area contributed by atoms with E-state index in [9.17, 15) is 0 Å². The monoisotopic (exact) mass is 260 g/mol. The van der Waals surface area contributed by atoms with E-state index < -0.39 is 0 Å². The van der Waals surface area contributed by atoms with E-state index >= 15 is 0 Å². The van der Waals surface area contributed by atoms with E-state index in [1.54, 1.807) is 11.3 Å². The van der Waals surface area contributed by atoms with Gasteiger partial charge in [-0.1, -0.05) is 30.7 Å². The van der Waals surface area contributed by atoms with E-state index in [4.69, 9.17) is 4.98 Å².